The predicted octanol–water partition coefficient (Wildman–Crippen LogP) is 2.16. The van der Waals surface area contributed by atoms with Crippen molar-refractivity contribution in [3.8, 4) is 0 Å². The quantitative estimate of drug-likeness (QED) is 0.781. The highest BCUT2D eigenvalue weighted by Crippen LogP contribution is 2.33. The summed E-state index contributed by atoms with van der Waals surface area (Å²) in [5, 5.41) is 9.17. The second kappa shape index (κ2) is 6.69. The van der Waals surface area contributed by atoms with Crippen LogP contribution in [0.2, 0.25) is 0 Å². The van der Waals surface area contributed by atoms with Crippen LogP contribution < -0.4 is 0 Å². The highest BCUT2D eigenvalue weighted by Gasteiger charge is 2.30. The molecule has 1 saturated carbocycles. The average molecular weight is 329 g/mol. The van der Waals surface area contributed by atoms with E-state index in [0.717, 1.165) is 45.3 Å². The number of nitrogens with zero attached hydrogens (tertiary/aromatic N) is 5. The van der Waals surface area contributed by atoms with Gasteiger partial charge in [-0.15, -0.1) is 0 Å². The zero-order valence-electron chi connectivity index (χ0n) is 14.7. The third kappa shape index (κ3) is 3.54. The minimum atomic E-state index is 0.415. The first-order valence-electron chi connectivity index (χ1n) is 9.05. The van der Waals surface area contributed by atoms with E-state index in [1.54, 1.807) is 0 Å². The summed E-state index contributed by atoms with van der Waals surface area (Å²) in [6.07, 6.45) is 9.05. The molecule has 2 aromatic rings. The van der Waals surface area contributed by atoms with Crippen LogP contribution in [-0.2, 0) is 31.4 Å². The molecule has 130 valence electrons. The molecule has 0 saturated heterocycles. The van der Waals surface area contributed by atoms with Gasteiger partial charge in [0.1, 0.15) is 0 Å². The van der Waals surface area contributed by atoms with E-state index in [0.29, 0.717) is 5.92 Å². The first kappa shape index (κ1) is 15.8. The van der Waals surface area contributed by atoms with Crippen LogP contribution in [0.15, 0.2) is 18.6 Å². The Morgan fingerprint density at radius 2 is 2.17 bits per heavy atom. The normalized spacial score (nSPS) is 21.2. The topological polar surface area (TPSA) is 48.1 Å². The fourth-order valence-electron chi connectivity index (χ4n) is 3.62. The molecule has 0 unspecified atom stereocenters. The Kier molecular flexibility index (Phi) is 4.41. The van der Waals surface area contributed by atoms with E-state index in [-0.39, 0.29) is 0 Å². The Balaban J connectivity index is 1.51. The molecule has 2 aliphatic rings. The van der Waals surface area contributed by atoms with Gasteiger partial charge < -0.3 is 4.74 Å². The first-order chi connectivity index (χ1) is 11.7. The smallest absolute Gasteiger partial charge is 0.0801 e. The van der Waals surface area contributed by atoms with Gasteiger partial charge in [-0.25, -0.2) is 0 Å². The molecule has 1 atom stereocenters. The van der Waals surface area contributed by atoms with Crippen molar-refractivity contribution in [2.75, 3.05) is 19.8 Å². The van der Waals surface area contributed by atoms with E-state index < -0.39 is 0 Å². The maximum Gasteiger partial charge on any atom is 0.0801 e. The summed E-state index contributed by atoms with van der Waals surface area (Å²) in [7, 11) is 1.97. The second-order valence-electron chi connectivity index (χ2n) is 7.24. The maximum atomic E-state index is 5.76. The van der Waals surface area contributed by atoms with Crippen LogP contribution in [0.4, 0.5) is 0 Å². The lowest BCUT2D eigenvalue weighted by atomic mass is 9.95. The van der Waals surface area contributed by atoms with Gasteiger partial charge in [-0.2, -0.15) is 10.2 Å². The number of fused-ring (bicyclic) bond motifs is 1. The van der Waals surface area contributed by atoms with E-state index >= 15 is 0 Å². The van der Waals surface area contributed by atoms with E-state index in [1.165, 1.54) is 29.7 Å². The lowest BCUT2D eigenvalue weighted by Gasteiger charge is -2.31. The number of aryl methyl sites for hydroxylation is 1. The van der Waals surface area contributed by atoms with Crippen molar-refractivity contribution in [2.45, 2.75) is 45.3 Å². The second-order valence-corrected chi connectivity index (χ2v) is 7.24. The van der Waals surface area contributed by atoms with Gasteiger partial charge in [0.25, 0.3) is 0 Å². The van der Waals surface area contributed by atoms with Gasteiger partial charge in [-0.3, -0.25) is 14.3 Å². The van der Waals surface area contributed by atoms with Gasteiger partial charge in [0, 0.05) is 69.3 Å². The van der Waals surface area contributed by atoms with Crippen LogP contribution >= 0.6 is 0 Å². The Bertz CT molecular complexity index is 687. The highest BCUT2D eigenvalue weighted by atomic mass is 16.5. The Morgan fingerprint density at radius 1 is 1.29 bits per heavy atom. The summed E-state index contributed by atoms with van der Waals surface area (Å²) in [5.41, 5.74) is 3.88. The number of hydrogen-bond acceptors (Lipinski definition) is 4. The van der Waals surface area contributed by atoms with Crippen molar-refractivity contribution in [3.63, 3.8) is 0 Å². The van der Waals surface area contributed by atoms with Crippen LogP contribution in [0.5, 0.6) is 0 Å². The van der Waals surface area contributed by atoms with Crippen molar-refractivity contribution < 1.29 is 4.74 Å². The SMILES string of the molecule is CCOC[C@@H]1CN(Cc2cnn(C)c2)Cc2nn(CC3CC3)cc21. The minimum Gasteiger partial charge on any atom is -0.381 e. The van der Waals surface area contributed by atoms with Crippen LogP contribution in [0, 0.1) is 5.92 Å². The third-order valence-corrected chi connectivity index (χ3v) is 4.99. The molecule has 3 heterocycles. The van der Waals surface area contributed by atoms with Gasteiger partial charge in [0.15, 0.2) is 0 Å². The van der Waals surface area contributed by atoms with Crippen molar-refractivity contribution in [1.29, 1.82) is 0 Å². The molecule has 0 bridgehead atoms. The molecule has 0 amide bonds. The largest absolute Gasteiger partial charge is 0.381 e. The van der Waals surface area contributed by atoms with Crippen LogP contribution in [0.3, 0.4) is 0 Å². The molecule has 2 aromatic heterocycles. The van der Waals surface area contributed by atoms with E-state index in [2.05, 4.69) is 34.0 Å². The van der Waals surface area contributed by atoms with Gasteiger partial charge in [-0.05, 0) is 25.7 Å². The number of aromatic nitrogens is 4. The average Bonchev–Trinajstić information content (AvgIpc) is 3.13. The van der Waals surface area contributed by atoms with Crippen LogP contribution in [-0.4, -0.2) is 44.2 Å². The molecule has 0 N–H and O–H groups in total. The van der Waals surface area contributed by atoms with E-state index in [4.69, 9.17) is 9.84 Å². The number of ether oxygens (including phenoxy) is 1. The van der Waals surface area contributed by atoms with Crippen LogP contribution in [0.25, 0.3) is 0 Å². The van der Waals surface area contributed by atoms with Gasteiger partial charge >= 0.3 is 0 Å². The Morgan fingerprint density at radius 3 is 2.88 bits per heavy atom. The Hall–Kier alpha value is -1.66. The first-order valence-corrected chi connectivity index (χ1v) is 9.05. The van der Waals surface area contributed by atoms with Crippen molar-refractivity contribution in [3.05, 3.63) is 35.4 Å². The molecule has 0 spiro atoms. The van der Waals surface area contributed by atoms with Gasteiger partial charge in [0.05, 0.1) is 18.5 Å². The molecule has 0 aromatic carbocycles. The van der Waals surface area contributed by atoms with Crippen molar-refractivity contribution in [1.82, 2.24) is 24.5 Å². The molecule has 1 aliphatic heterocycles. The fraction of sp³-hybridized carbons (Fsp3) is 0.667. The van der Waals surface area contributed by atoms with E-state index in [9.17, 15) is 0 Å². The number of hydrogen-bond donors (Lipinski definition) is 0. The Labute approximate surface area is 143 Å². The maximum absolute atomic E-state index is 5.76. The summed E-state index contributed by atoms with van der Waals surface area (Å²) in [4.78, 5) is 2.47. The summed E-state index contributed by atoms with van der Waals surface area (Å²) < 4.78 is 9.80. The van der Waals surface area contributed by atoms with Crippen LogP contribution in [0.1, 0.15) is 42.5 Å². The van der Waals surface area contributed by atoms with Gasteiger partial charge in [0.2, 0.25) is 0 Å². The molecule has 1 fully saturated rings. The summed E-state index contributed by atoms with van der Waals surface area (Å²) >= 11 is 0. The van der Waals surface area contributed by atoms with Gasteiger partial charge in [-0.1, -0.05) is 0 Å². The van der Waals surface area contributed by atoms with E-state index in [1.807, 2.05) is 17.9 Å². The minimum absolute atomic E-state index is 0.415. The fourth-order valence-corrected chi connectivity index (χ4v) is 3.62. The predicted molar refractivity (Wildman–Crippen MR) is 91.5 cm³/mol. The standard InChI is InChI=1S/C18H27N5O/c1-3-24-13-16-10-22(8-15-6-19-21(2)7-15)12-18-17(16)11-23(20-18)9-14-4-5-14/h6-7,11,14,16H,3-5,8-10,12-13H2,1-2H3/t16-/m0/s1. The summed E-state index contributed by atoms with van der Waals surface area (Å²) in [5.74, 6) is 1.27. The van der Waals surface area contributed by atoms with Crippen molar-refractivity contribution >= 4 is 0 Å². The molecular formula is C18H27N5O. The molecule has 24 heavy (non-hydrogen) atoms. The molecule has 4 rings (SSSR count). The monoisotopic (exact) mass is 329 g/mol. The zero-order valence-corrected chi connectivity index (χ0v) is 14.7. The third-order valence-electron chi connectivity index (χ3n) is 4.99. The molecule has 1 aliphatic carbocycles. The molecule has 6 heteroatoms. The lowest BCUT2D eigenvalue weighted by Crippen LogP contribution is -2.34. The molecule has 6 nitrogen and oxygen atoms in total. The highest BCUT2D eigenvalue weighted by molar-refractivity contribution is 5.26. The zero-order chi connectivity index (χ0) is 16.5. The number of rotatable bonds is 7. The molecule has 0 radical (unpaired) electrons. The van der Waals surface area contributed by atoms with Crippen molar-refractivity contribution in [2.24, 2.45) is 13.0 Å². The lowest BCUT2D eigenvalue weighted by molar-refractivity contribution is 0.105. The summed E-state index contributed by atoms with van der Waals surface area (Å²) in [6.45, 7) is 7.56. The molecular weight excluding hydrogens is 302 g/mol. The summed E-state index contributed by atoms with van der Waals surface area (Å²) in [6, 6.07) is 0.